The summed E-state index contributed by atoms with van der Waals surface area (Å²) in [4.78, 5) is 41.1. The topological polar surface area (TPSA) is 110 Å². The van der Waals surface area contributed by atoms with Gasteiger partial charge in [0, 0.05) is 24.2 Å². The van der Waals surface area contributed by atoms with E-state index in [4.69, 9.17) is 13.9 Å². The lowest BCUT2D eigenvalue weighted by Gasteiger charge is -2.36. The van der Waals surface area contributed by atoms with Gasteiger partial charge >= 0.3 is 0 Å². The number of nitrogens with one attached hydrogen (secondary N) is 2. The summed E-state index contributed by atoms with van der Waals surface area (Å²) in [6.45, 7) is 1.15. The summed E-state index contributed by atoms with van der Waals surface area (Å²) in [7, 11) is 3.09. The van der Waals surface area contributed by atoms with Gasteiger partial charge in [-0.3, -0.25) is 14.4 Å². The SMILES string of the molecule is COc1cccc(C(=O)N[C@H](C(=O)NCc2ccco2)C2CCN(C(=O)c3cccc(OC)c3)CC2)c1. The molecule has 0 saturated carbocycles. The van der Waals surface area contributed by atoms with E-state index in [1.807, 2.05) is 0 Å². The van der Waals surface area contributed by atoms with Crippen molar-refractivity contribution in [2.24, 2.45) is 5.92 Å². The zero-order valence-corrected chi connectivity index (χ0v) is 20.9. The third-order valence-electron chi connectivity index (χ3n) is 6.53. The lowest BCUT2D eigenvalue weighted by atomic mass is 9.88. The molecular formula is C28H31N3O6. The maximum absolute atomic E-state index is 13.2. The number of hydrogen-bond donors (Lipinski definition) is 2. The summed E-state index contributed by atoms with van der Waals surface area (Å²) in [5, 5.41) is 5.79. The first-order chi connectivity index (χ1) is 18.0. The monoisotopic (exact) mass is 505 g/mol. The molecular weight excluding hydrogens is 474 g/mol. The van der Waals surface area contributed by atoms with Gasteiger partial charge in [-0.2, -0.15) is 0 Å². The van der Waals surface area contributed by atoms with Crippen molar-refractivity contribution in [1.29, 1.82) is 0 Å². The number of methoxy groups -OCH3 is 2. The van der Waals surface area contributed by atoms with E-state index in [2.05, 4.69) is 10.6 Å². The number of carbonyl (C=O) groups excluding carboxylic acids is 3. The van der Waals surface area contributed by atoms with Crippen LogP contribution in [0.4, 0.5) is 0 Å². The summed E-state index contributed by atoms with van der Waals surface area (Å²) in [5.41, 5.74) is 0.950. The Balaban J connectivity index is 1.45. The number of rotatable bonds is 9. The van der Waals surface area contributed by atoms with Crippen molar-refractivity contribution in [2.75, 3.05) is 27.3 Å². The van der Waals surface area contributed by atoms with Crippen molar-refractivity contribution in [3.63, 3.8) is 0 Å². The zero-order chi connectivity index (χ0) is 26.2. The van der Waals surface area contributed by atoms with Crippen LogP contribution >= 0.6 is 0 Å². The fraction of sp³-hybridized carbons (Fsp3) is 0.321. The largest absolute Gasteiger partial charge is 0.497 e. The molecule has 1 aromatic heterocycles. The fourth-order valence-corrected chi connectivity index (χ4v) is 4.46. The average molecular weight is 506 g/mol. The molecule has 2 heterocycles. The third kappa shape index (κ3) is 6.49. The highest BCUT2D eigenvalue weighted by Crippen LogP contribution is 2.24. The maximum Gasteiger partial charge on any atom is 0.253 e. The molecule has 1 fully saturated rings. The molecule has 1 aliphatic heterocycles. The Morgan fingerprint density at radius 3 is 2.22 bits per heavy atom. The Kier molecular flexibility index (Phi) is 8.45. The Labute approximate surface area is 215 Å². The van der Waals surface area contributed by atoms with Crippen LogP contribution in [0.2, 0.25) is 0 Å². The highest BCUT2D eigenvalue weighted by atomic mass is 16.5. The smallest absolute Gasteiger partial charge is 0.253 e. The number of nitrogens with zero attached hydrogens (tertiary/aromatic N) is 1. The molecule has 2 N–H and O–H groups in total. The lowest BCUT2D eigenvalue weighted by molar-refractivity contribution is -0.124. The van der Waals surface area contributed by atoms with Gasteiger partial charge in [-0.05, 0) is 67.3 Å². The Hall–Kier alpha value is -4.27. The van der Waals surface area contributed by atoms with E-state index in [1.165, 1.54) is 7.11 Å². The molecule has 194 valence electrons. The molecule has 3 aromatic rings. The normalized spacial score (nSPS) is 14.5. The number of amides is 3. The molecule has 3 amide bonds. The zero-order valence-electron chi connectivity index (χ0n) is 20.9. The number of likely N-dealkylation sites (tertiary alicyclic amines) is 1. The minimum Gasteiger partial charge on any atom is -0.497 e. The second-order valence-electron chi connectivity index (χ2n) is 8.84. The highest BCUT2D eigenvalue weighted by molar-refractivity contribution is 5.98. The molecule has 4 rings (SSSR count). The second kappa shape index (κ2) is 12.1. The van der Waals surface area contributed by atoms with Crippen LogP contribution in [-0.2, 0) is 11.3 Å². The van der Waals surface area contributed by atoms with Crippen LogP contribution in [0.15, 0.2) is 71.3 Å². The molecule has 9 nitrogen and oxygen atoms in total. The number of benzene rings is 2. The number of piperidine rings is 1. The minimum absolute atomic E-state index is 0.0865. The molecule has 0 bridgehead atoms. The van der Waals surface area contributed by atoms with E-state index in [0.29, 0.717) is 54.3 Å². The summed E-state index contributed by atoms with van der Waals surface area (Å²) < 4.78 is 15.8. The van der Waals surface area contributed by atoms with Crippen LogP contribution in [0.5, 0.6) is 11.5 Å². The van der Waals surface area contributed by atoms with Gasteiger partial charge in [-0.1, -0.05) is 12.1 Å². The molecule has 1 saturated heterocycles. The molecule has 2 aromatic carbocycles. The van der Waals surface area contributed by atoms with E-state index in [-0.39, 0.29) is 30.2 Å². The molecule has 0 radical (unpaired) electrons. The molecule has 37 heavy (non-hydrogen) atoms. The van der Waals surface area contributed by atoms with Crippen LogP contribution < -0.4 is 20.1 Å². The van der Waals surface area contributed by atoms with Crippen LogP contribution in [0.1, 0.15) is 39.3 Å². The molecule has 0 unspecified atom stereocenters. The van der Waals surface area contributed by atoms with Gasteiger partial charge in [0.1, 0.15) is 23.3 Å². The lowest BCUT2D eigenvalue weighted by Crippen LogP contribution is -2.53. The first kappa shape index (κ1) is 25.8. The fourth-order valence-electron chi connectivity index (χ4n) is 4.46. The average Bonchev–Trinajstić information content (AvgIpc) is 3.48. The van der Waals surface area contributed by atoms with Crippen LogP contribution in [0, 0.1) is 5.92 Å². The Morgan fingerprint density at radius 1 is 0.946 bits per heavy atom. The van der Waals surface area contributed by atoms with Crippen molar-refractivity contribution in [3.05, 3.63) is 83.8 Å². The number of carbonyl (C=O) groups is 3. The molecule has 0 spiro atoms. The quantitative estimate of drug-likeness (QED) is 0.462. The molecule has 1 aliphatic rings. The summed E-state index contributed by atoms with van der Waals surface area (Å²) in [6, 6.07) is 16.6. The van der Waals surface area contributed by atoms with Gasteiger partial charge in [0.05, 0.1) is 27.0 Å². The highest BCUT2D eigenvalue weighted by Gasteiger charge is 2.34. The third-order valence-corrected chi connectivity index (χ3v) is 6.53. The summed E-state index contributed by atoms with van der Waals surface area (Å²) >= 11 is 0. The number of furan rings is 1. The standard InChI is InChI=1S/C28H31N3O6/c1-35-22-8-3-6-20(16-22)26(32)30-25(27(33)29-18-24-10-5-15-37-24)19-11-13-31(14-12-19)28(34)21-7-4-9-23(17-21)36-2/h3-10,15-17,19,25H,11-14,18H2,1-2H3,(H,29,33)(H,30,32)/t25-/m0/s1. The van der Waals surface area contributed by atoms with Gasteiger partial charge in [-0.25, -0.2) is 0 Å². The maximum atomic E-state index is 13.2. The van der Waals surface area contributed by atoms with E-state index in [0.717, 1.165) is 0 Å². The number of ether oxygens (including phenoxy) is 2. The van der Waals surface area contributed by atoms with Gasteiger partial charge in [0.2, 0.25) is 5.91 Å². The summed E-state index contributed by atoms with van der Waals surface area (Å²) in [6.07, 6.45) is 2.67. The van der Waals surface area contributed by atoms with E-state index in [9.17, 15) is 14.4 Å². The minimum atomic E-state index is -0.775. The van der Waals surface area contributed by atoms with Gasteiger partial charge in [0.25, 0.3) is 11.8 Å². The van der Waals surface area contributed by atoms with Crippen molar-refractivity contribution in [2.45, 2.75) is 25.4 Å². The molecule has 1 atom stereocenters. The van der Waals surface area contributed by atoms with Crippen molar-refractivity contribution in [1.82, 2.24) is 15.5 Å². The Bertz CT molecular complexity index is 1220. The number of hydrogen-bond acceptors (Lipinski definition) is 6. The van der Waals surface area contributed by atoms with Crippen molar-refractivity contribution < 1.29 is 28.3 Å². The van der Waals surface area contributed by atoms with Crippen molar-refractivity contribution in [3.8, 4) is 11.5 Å². The van der Waals surface area contributed by atoms with Crippen LogP contribution in [0.3, 0.4) is 0 Å². The second-order valence-corrected chi connectivity index (χ2v) is 8.84. The van der Waals surface area contributed by atoms with Gasteiger partial charge < -0.3 is 29.4 Å². The summed E-state index contributed by atoms with van der Waals surface area (Å²) in [5.74, 6) is 0.879. The van der Waals surface area contributed by atoms with E-state index < -0.39 is 6.04 Å². The molecule has 9 heteroatoms. The molecule has 0 aliphatic carbocycles. The first-order valence-electron chi connectivity index (χ1n) is 12.2. The predicted molar refractivity (Wildman–Crippen MR) is 136 cm³/mol. The van der Waals surface area contributed by atoms with E-state index >= 15 is 0 Å². The van der Waals surface area contributed by atoms with Crippen LogP contribution in [0.25, 0.3) is 0 Å². The Morgan fingerprint density at radius 2 is 1.59 bits per heavy atom. The first-order valence-corrected chi connectivity index (χ1v) is 12.2. The van der Waals surface area contributed by atoms with E-state index in [1.54, 1.807) is 78.9 Å². The van der Waals surface area contributed by atoms with Crippen LogP contribution in [-0.4, -0.2) is 56.0 Å². The van der Waals surface area contributed by atoms with Crippen molar-refractivity contribution >= 4 is 17.7 Å². The van der Waals surface area contributed by atoms with Gasteiger partial charge in [-0.15, -0.1) is 0 Å². The predicted octanol–water partition coefficient (Wildman–Crippen LogP) is 3.26. The van der Waals surface area contributed by atoms with Gasteiger partial charge in [0.15, 0.2) is 0 Å².